The van der Waals surface area contributed by atoms with Crippen molar-refractivity contribution in [3.05, 3.63) is 48.6 Å². The normalized spacial score (nSPS) is 11.7. The molecule has 1 aromatic carbocycles. The van der Waals surface area contributed by atoms with Gasteiger partial charge < -0.3 is 14.5 Å². The summed E-state index contributed by atoms with van der Waals surface area (Å²) in [7, 11) is 0. The van der Waals surface area contributed by atoms with Crippen molar-refractivity contribution in [3.8, 4) is 11.1 Å². The highest BCUT2D eigenvalue weighted by Gasteiger charge is 2.49. The van der Waals surface area contributed by atoms with Crippen LogP contribution in [0.15, 0.2) is 47.2 Å². The molecule has 0 amide bonds. The van der Waals surface area contributed by atoms with Crippen LogP contribution in [0.2, 0.25) is 0 Å². The summed E-state index contributed by atoms with van der Waals surface area (Å²) in [5.41, 5.74) is 1.90. The van der Waals surface area contributed by atoms with Gasteiger partial charge in [-0.2, -0.15) is 8.78 Å². The fourth-order valence-corrected chi connectivity index (χ4v) is 2.16. The Labute approximate surface area is 122 Å². The number of furan rings is 1. The minimum atomic E-state index is -4.52. The summed E-state index contributed by atoms with van der Waals surface area (Å²) >= 11 is 0. The molecule has 5 nitrogen and oxygen atoms in total. The molecule has 0 unspecified atom stereocenters. The Morgan fingerprint density at radius 1 is 1.23 bits per heavy atom. The molecule has 0 spiro atoms. The Bertz CT molecular complexity index is 878. The zero-order chi connectivity index (χ0) is 15.9. The molecule has 2 aromatic heterocycles. The summed E-state index contributed by atoms with van der Waals surface area (Å²) in [6.45, 7) is 0. The number of H-pyrrole nitrogens is 1. The number of hydrogen-bond acceptors (Lipinski definition) is 3. The van der Waals surface area contributed by atoms with Gasteiger partial charge in [0.15, 0.2) is 5.76 Å². The first-order valence-corrected chi connectivity index (χ1v) is 6.22. The maximum Gasteiger partial charge on any atom is 0.407 e. The number of fused-ring (bicyclic) bond motifs is 1. The van der Waals surface area contributed by atoms with E-state index in [1.165, 1.54) is 0 Å². The standard InChI is InChI=1S/C15H9F2NO4/c16-15(17,14(20)21)13(19)12-5-8(7-22-12)10-6-18-11-4-2-1-3-9(10)11/h1-7,18H,(H,20,21). The zero-order valence-corrected chi connectivity index (χ0v) is 11.0. The number of aromatic amines is 1. The molecule has 22 heavy (non-hydrogen) atoms. The first-order chi connectivity index (χ1) is 10.4. The molecule has 7 heteroatoms. The molecular weight excluding hydrogens is 296 g/mol. The minimum Gasteiger partial charge on any atom is -0.476 e. The second kappa shape index (κ2) is 4.80. The van der Waals surface area contributed by atoms with Crippen LogP contribution in [0.4, 0.5) is 8.78 Å². The van der Waals surface area contributed by atoms with Gasteiger partial charge >= 0.3 is 11.9 Å². The molecule has 0 aliphatic heterocycles. The molecule has 0 atom stereocenters. The van der Waals surface area contributed by atoms with Crippen molar-refractivity contribution < 1.29 is 27.9 Å². The number of benzene rings is 1. The number of hydrogen-bond donors (Lipinski definition) is 2. The van der Waals surface area contributed by atoms with E-state index in [-0.39, 0.29) is 0 Å². The zero-order valence-electron chi connectivity index (χ0n) is 11.0. The average Bonchev–Trinajstić information content (AvgIpc) is 3.12. The van der Waals surface area contributed by atoms with Crippen molar-refractivity contribution in [1.29, 1.82) is 0 Å². The van der Waals surface area contributed by atoms with Crippen molar-refractivity contribution >= 4 is 22.7 Å². The highest BCUT2D eigenvalue weighted by Crippen LogP contribution is 2.31. The van der Waals surface area contributed by atoms with E-state index >= 15 is 0 Å². The third-order valence-electron chi connectivity index (χ3n) is 3.28. The Morgan fingerprint density at radius 2 is 1.95 bits per heavy atom. The molecule has 0 saturated carbocycles. The third-order valence-corrected chi connectivity index (χ3v) is 3.28. The van der Waals surface area contributed by atoms with E-state index in [1.54, 1.807) is 6.20 Å². The summed E-state index contributed by atoms with van der Waals surface area (Å²) in [5.74, 6) is -9.61. The quantitative estimate of drug-likeness (QED) is 0.572. The minimum absolute atomic E-state index is 0.405. The molecule has 0 saturated heterocycles. The van der Waals surface area contributed by atoms with Crippen molar-refractivity contribution in [1.82, 2.24) is 4.98 Å². The van der Waals surface area contributed by atoms with Crippen LogP contribution >= 0.6 is 0 Å². The van der Waals surface area contributed by atoms with Crippen LogP contribution in [0, 0.1) is 0 Å². The average molecular weight is 305 g/mol. The summed E-state index contributed by atoms with van der Waals surface area (Å²) in [6, 6.07) is 8.41. The van der Waals surface area contributed by atoms with Crippen LogP contribution in [-0.4, -0.2) is 27.8 Å². The number of halogens is 2. The van der Waals surface area contributed by atoms with Crippen molar-refractivity contribution in [2.24, 2.45) is 0 Å². The number of aliphatic carboxylic acids is 1. The maximum atomic E-state index is 13.2. The van der Waals surface area contributed by atoms with Crippen LogP contribution in [0.1, 0.15) is 10.6 Å². The summed E-state index contributed by atoms with van der Waals surface area (Å²) in [5, 5.41) is 9.21. The smallest absolute Gasteiger partial charge is 0.407 e. The van der Waals surface area contributed by atoms with E-state index in [2.05, 4.69) is 4.98 Å². The maximum absolute atomic E-state index is 13.2. The van der Waals surface area contributed by atoms with E-state index in [0.717, 1.165) is 23.2 Å². The van der Waals surface area contributed by atoms with Gasteiger partial charge in [0.05, 0.1) is 6.26 Å². The van der Waals surface area contributed by atoms with Gasteiger partial charge in [-0.25, -0.2) is 4.79 Å². The van der Waals surface area contributed by atoms with Crippen LogP contribution < -0.4 is 0 Å². The number of Topliss-reactive ketones (excluding diaryl/α,β-unsaturated/α-hetero) is 1. The van der Waals surface area contributed by atoms with E-state index < -0.39 is 23.4 Å². The first kappa shape index (κ1) is 14.0. The van der Waals surface area contributed by atoms with E-state index in [4.69, 9.17) is 9.52 Å². The fraction of sp³-hybridized carbons (Fsp3) is 0.0667. The van der Waals surface area contributed by atoms with Gasteiger partial charge in [-0.3, -0.25) is 4.79 Å². The number of alkyl halides is 2. The Kier molecular flexibility index (Phi) is 3.05. The number of carboxylic acid groups (broad SMARTS) is 1. The highest BCUT2D eigenvalue weighted by atomic mass is 19.3. The van der Waals surface area contributed by atoms with Gasteiger partial charge in [0, 0.05) is 28.2 Å². The molecule has 2 N–H and O–H groups in total. The number of carboxylic acids is 1. The summed E-state index contributed by atoms with van der Waals surface area (Å²) < 4.78 is 31.3. The Morgan fingerprint density at radius 3 is 2.68 bits per heavy atom. The molecule has 112 valence electrons. The molecule has 3 aromatic rings. The SMILES string of the molecule is O=C(O)C(F)(F)C(=O)c1cc(-c2c[nH]c3ccccc23)co1. The number of ketones is 1. The Balaban J connectivity index is 2.01. The predicted octanol–water partition coefficient (Wildman–Crippen LogP) is 3.33. The van der Waals surface area contributed by atoms with Crippen molar-refractivity contribution in [2.45, 2.75) is 5.92 Å². The van der Waals surface area contributed by atoms with Crippen molar-refractivity contribution in [3.63, 3.8) is 0 Å². The Hall–Kier alpha value is -2.96. The van der Waals surface area contributed by atoms with E-state index in [0.29, 0.717) is 11.1 Å². The molecule has 3 rings (SSSR count). The fourth-order valence-electron chi connectivity index (χ4n) is 2.16. The van der Waals surface area contributed by atoms with E-state index in [9.17, 15) is 18.4 Å². The van der Waals surface area contributed by atoms with Crippen LogP contribution in [0.3, 0.4) is 0 Å². The molecular formula is C15H9F2NO4. The number of nitrogens with one attached hydrogen (secondary N) is 1. The summed E-state index contributed by atoms with van der Waals surface area (Å²) in [4.78, 5) is 25.0. The predicted molar refractivity (Wildman–Crippen MR) is 72.9 cm³/mol. The lowest BCUT2D eigenvalue weighted by molar-refractivity contribution is -0.157. The molecule has 0 aliphatic rings. The largest absolute Gasteiger partial charge is 0.476 e. The molecule has 0 radical (unpaired) electrons. The van der Waals surface area contributed by atoms with Gasteiger partial charge in [-0.1, -0.05) is 18.2 Å². The van der Waals surface area contributed by atoms with Gasteiger partial charge in [0.25, 0.3) is 5.78 Å². The number of carbonyl (C=O) groups is 2. The third kappa shape index (κ3) is 2.07. The van der Waals surface area contributed by atoms with Gasteiger partial charge in [0.1, 0.15) is 0 Å². The van der Waals surface area contributed by atoms with Gasteiger partial charge in [-0.15, -0.1) is 0 Å². The monoisotopic (exact) mass is 305 g/mol. The molecule has 0 aliphatic carbocycles. The first-order valence-electron chi connectivity index (χ1n) is 6.22. The van der Waals surface area contributed by atoms with Crippen LogP contribution in [0.5, 0.6) is 0 Å². The lowest BCUT2D eigenvalue weighted by atomic mass is 10.1. The number of rotatable bonds is 4. The van der Waals surface area contributed by atoms with E-state index in [1.807, 2.05) is 24.3 Å². The lowest BCUT2D eigenvalue weighted by Crippen LogP contribution is -2.37. The highest BCUT2D eigenvalue weighted by molar-refractivity contribution is 6.12. The number of para-hydroxylation sites is 1. The van der Waals surface area contributed by atoms with Crippen molar-refractivity contribution in [2.75, 3.05) is 0 Å². The molecule has 0 bridgehead atoms. The number of aromatic nitrogens is 1. The second-order valence-electron chi connectivity index (χ2n) is 4.66. The second-order valence-corrected chi connectivity index (χ2v) is 4.66. The lowest BCUT2D eigenvalue weighted by Gasteiger charge is -2.06. The molecule has 0 fully saturated rings. The van der Waals surface area contributed by atoms with Gasteiger partial charge in [0.2, 0.25) is 0 Å². The number of carbonyl (C=O) groups excluding carboxylic acids is 1. The van der Waals surface area contributed by atoms with Gasteiger partial charge in [-0.05, 0) is 12.1 Å². The summed E-state index contributed by atoms with van der Waals surface area (Å²) in [6.07, 6.45) is 2.79. The molecule has 2 heterocycles. The van der Waals surface area contributed by atoms with Crippen LogP contribution in [-0.2, 0) is 4.79 Å². The van der Waals surface area contributed by atoms with Crippen LogP contribution in [0.25, 0.3) is 22.0 Å². The topological polar surface area (TPSA) is 83.3 Å².